The largest absolute Gasteiger partial charge is 0.508 e. The number of carbonyl (C=O) groups excluding carboxylic acids is 3. The first-order chi connectivity index (χ1) is 63.8. The molecule has 0 spiro atoms. The topological polar surface area (TPSA) is 328 Å². The number of hydrogen-bond acceptors (Lipinski definition) is 17. The number of ether oxygens (including phenoxy) is 3. The number of phenolic OH excluding ortho intramolecular Hbond substituents is 1. The Bertz CT molecular complexity index is 4730. The number of phenols is 1. The Morgan fingerprint density at radius 2 is 0.630 bits per heavy atom. The van der Waals surface area contributed by atoms with E-state index in [-0.39, 0.29) is 90.5 Å². The molecule has 2 aliphatic carbocycles. The van der Waals surface area contributed by atoms with E-state index in [1.165, 1.54) is 156 Å². The van der Waals surface area contributed by atoms with Gasteiger partial charge in [-0.1, -0.05) is 148 Å². The first kappa shape index (κ1) is 123. The Morgan fingerprint density at radius 1 is 0.385 bits per heavy atom. The molecule has 754 valence electrons. The summed E-state index contributed by atoms with van der Waals surface area (Å²) < 4.78 is 222. The lowest BCUT2D eigenvalue weighted by molar-refractivity contribution is -0.136. The van der Waals surface area contributed by atoms with E-state index >= 15 is 0 Å². The normalized spacial score (nSPS) is 14.1. The van der Waals surface area contributed by atoms with E-state index in [0.29, 0.717) is 42.2 Å². The fourth-order valence-electron chi connectivity index (χ4n) is 14.7. The molecule has 4 fully saturated rings. The van der Waals surface area contributed by atoms with Crippen molar-refractivity contribution in [2.45, 2.75) is 140 Å². The summed E-state index contributed by atoms with van der Waals surface area (Å²) in [6.07, 6.45) is 19.8. The summed E-state index contributed by atoms with van der Waals surface area (Å²) in [6.45, 7) is -0.492. The van der Waals surface area contributed by atoms with Crippen molar-refractivity contribution in [1.82, 2.24) is 29.8 Å². The number of methoxy groups -OCH3 is 3. The van der Waals surface area contributed by atoms with Crippen molar-refractivity contribution in [3.05, 3.63) is 262 Å². The monoisotopic (exact) mass is 1980 g/mol. The minimum atomic E-state index is -3.67. The third-order valence-corrected chi connectivity index (χ3v) is 21.0. The van der Waals surface area contributed by atoms with Crippen LogP contribution in [0.3, 0.4) is 0 Å². The average molecular weight is 1980 g/mol. The lowest BCUT2D eigenvalue weighted by atomic mass is 9.92. The van der Waals surface area contributed by atoms with Gasteiger partial charge in [0.25, 0.3) is 30.4 Å². The van der Waals surface area contributed by atoms with Crippen LogP contribution >= 0.6 is 0 Å². The number of carboxylic acid groups (broad SMARTS) is 1. The van der Waals surface area contributed by atoms with Crippen molar-refractivity contribution in [1.29, 1.82) is 0 Å². The second-order valence-electron chi connectivity index (χ2n) is 31.3. The molecule has 4 unspecified atom stereocenters. The summed E-state index contributed by atoms with van der Waals surface area (Å²) in [5.41, 5.74) is 7.51. The Hall–Kier alpha value is -10.4. The maximum absolute atomic E-state index is 13.1. The standard InChI is InChI=1S/C23H28FNO2.C22H27FN2O2.C22H26FNO2.C14H22N2O.C8H7FO2.4CH2F2.3CH4O3S/c1-25(23(26)15-18-10-12-20(24)13-11-18)22(14-17-6-3-4-7-17)19-8-5-9-21(16-19)27-2;1-24(22(26)14-17-8-10-19(23)11-9-17)21(16-25-12-3-4-13-25)18-6-5-7-20(15-18)27-2;1-24(22(26)14-17-9-11-19(23)12-10-17)21(13-16-5-2-3-6-16)18-7-4-8-20(25)15-18;1-15-14(11-16-8-3-4-9-16)12-6-5-7-13(10-12)17-2;9-7-3-1-6(2-4-7)5-8(10)11;4*2-1-3;3*1-5(2,3)4/h5,8-13,16-17,22H,3-4,6-7,14-15H2,1-2H3;5-11,15,21H,3-4,12-14,16H2,1-2H3;4,7-12,15-16,21,25H,2-3,5-6,13-14H2,1H3;5-7,10,14-15H,3-4,8-9,11H2,1-2H3;1-4H,5H2,(H,10,11);4*1H2;3*1H3,(H,2,3,4). The van der Waals surface area contributed by atoms with Crippen LogP contribution in [0.15, 0.2) is 194 Å². The molecule has 0 radical (unpaired) electrons. The molecule has 6 N–H and O–H groups in total. The van der Waals surface area contributed by atoms with Gasteiger partial charge in [0.2, 0.25) is 45.4 Å². The number of carboxylic acids is 1. The van der Waals surface area contributed by atoms with Gasteiger partial charge in [-0.3, -0.25) is 32.8 Å². The molecule has 2 saturated heterocycles. The van der Waals surface area contributed by atoms with E-state index in [1.54, 1.807) is 74.8 Å². The molecule has 24 nitrogen and oxygen atoms in total. The summed E-state index contributed by atoms with van der Waals surface area (Å²) in [5, 5.41) is 21.6. The van der Waals surface area contributed by atoms with Gasteiger partial charge in [0.1, 0.15) is 46.3 Å². The number of likely N-dealkylation sites (N-methyl/N-ethyl adjacent to an activating group) is 4. The quantitative estimate of drug-likeness (QED) is 0.0206. The minimum absolute atomic E-state index is 0.00273. The smallest absolute Gasteiger partial charge is 0.307 e. The molecule has 4 aliphatic rings. The van der Waals surface area contributed by atoms with Gasteiger partial charge in [-0.05, 0) is 225 Å². The van der Waals surface area contributed by atoms with Crippen molar-refractivity contribution in [3.8, 4) is 23.0 Å². The van der Waals surface area contributed by atoms with Crippen LogP contribution in [0.25, 0.3) is 0 Å². The van der Waals surface area contributed by atoms with Crippen molar-refractivity contribution in [3.63, 3.8) is 0 Å². The highest BCUT2D eigenvalue weighted by molar-refractivity contribution is 7.85. The van der Waals surface area contributed by atoms with E-state index in [0.717, 1.165) is 89.6 Å². The van der Waals surface area contributed by atoms with Crippen molar-refractivity contribution >= 4 is 54.0 Å². The van der Waals surface area contributed by atoms with E-state index in [4.69, 9.17) is 33.0 Å². The van der Waals surface area contributed by atoms with Gasteiger partial charge < -0.3 is 54.2 Å². The summed E-state index contributed by atoms with van der Waals surface area (Å²) in [7, 11) is 1.62. The fourth-order valence-corrected chi connectivity index (χ4v) is 14.7. The maximum atomic E-state index is 13.1. The summed E-state index contributed by atoms with van der Waals surface area (Å²) in [4.78, 5) is 59.3. The first-order valence-electron chi connectivity index (χ1n) is 42.9. The number of aliphatic carboxylic acids is 1. The van der Waals surface area contributed by atoms with Gasteiger partial charge in [-0.15, -0.1) is 0 Å². The number of halogens is 12. The Labute approximate surface area is 786 Å². The molecule has 2 heterocycles. The second kappa shape index (κ2) is 68.6. The van der Waals surface area contributed by atoms with Crippen LogP contribution in [0, 0.1) is 35.1 Å². The number of nitrogens with zero attached hydrogens (tertiary/aromatic N) is 5. The molecule has 135 heavy (non-hydrogen) atoms. The molecule has 0 bridgehead atoms. The third kappa shape index (κ3) is 58.0. The van der Waals surface area contributed by atoms with E-state index in [1.807, 2.05) is 98.7 Å². The highest BCUT2D eigenvalue weighted by atomic mass is 32.2. The molecule has 0 aromatic heterocycles. The van der Waals surface area contributed by atoms with Crippen LogP contribution in [0.2, 0.25) is 0 Å². The zero-order valence-corrected chi connectivity index (χ0v) is 80.2. The molecule has 3 amide bonds. The van der Waals surface area contributed by atoms with E-state index in [9.17, 15) is 102 Å². The van der Waals surface area contributed by atoms with Gasteiger partial charge in [0.05, 0.1) is 83.9 Å². The number of benzene rings is 8. The molecule has 8 aromatic rings. The molecule has 2 saturated carbocycles. The van der Waals surface area contributed by atoms with Gasteiger partial charge in [0.15, 0.2) is 0 Å². The van der Waals surface area contributed by atoms with Gasteiger partial charge in [0, 0.05) is 40.3 Å². The fraction of sp³-hybridized carbons (Fsp3) is 0.458. The number of rotatable bonds is 27. The predicted molar refractivity (Wildman–Crippen MR) is 499 cm³/mol. The van der Waals surface area contributed by atoms with Crippen LogP contribution < -0.4 is 19.5 Å². The van der Waals surface area contributed by atoms with Gasteiger partial charge >= 0.3 is 5.97 Å². The van der Waals surface area contributed by atoms with Crippen LogP contribution in [-0.2, 0) is 75.2 Å². The number of likely N-dealkylation sites (tertiary alicyclic amines) is 2. The zero-order chi connectivity index (χ0) is 102. The Balaban J connectivity index is 0.000000802. The first-order valence-corrected chi connectivity index (χ1v) is 48.4. The lowest BCUT2D eigenvalue weighted by Gasteiger charge is -2.32. The average Bonchev–Trinajstić information content (AvgIpc) is 1.53. The van der Waals surface area contributed by atoms with Crippen LogP contribution in [0.5, 0.6) is 23.0 Å². The lowest BCUT2D eigenvalue weighted by Crippen LogP contribution is -2.39. The highest BCUT2D eigenvalue weighted by Crippen LogP contribution is 2.39. The second-order valence-corrected chi connectivity index (χ2v) is 35.7. The SMILES string of the molecule is CN(C(=O)Cc1ccc(F)cc1)C(CC1CCCC1)c1cccc(O)c1.CNC(CN1CCCC1)c1cccc(OC)c1.COc1cccc(C(CC2CCCC2)N(C)C(=O)Cc2ccc(F)cc2)c1.COc1cccc(C(CN2CCCC2)N(C)C(=O)Cc2ccc(F)cc2)c1.CS(=O)(=O)O.CS(=O)(=O)O.CS(=O)(=O)O.FCF.FCF.FCF.FCF.O=C(O)Cc1ccc(F)cc1. The number of nitrogens with one attached hydrogen (secondary N) is 1. The summed E-state index contributed by atoms with van der Waals surface area (Å²) >= 11 is 0. The Kier molecular flexibility index (Phi) is 62.3. The molecular weight excluding hydrogens is 1850 g/mol. The highest BCUT2D eigenvalue weighted by Gasteiger charge is 2.31. The van der Waals surface area contributed by atoms with E-state index < -0.39 is 64.0 Å². The number of aromatic hydroxyl groups is 1. The molecular formula is C96H130F12N6O18S3. The zero-order valence-electron chi connectivity index (χ0n) is 77.8. The molecule has 8 aromatic carbocycles. The van der Waals surface area contributed by atoms with Crippen molar-refractivity contribution in [2.75, 3.05) is 135 Å². The molecule has 39 heteroatoms. The van der Waals surface area contributed by atoms with Crippen LogP contribution in [0.4, 0.5) is 52.7 Å². The molecule has 12 rings (SSSR count). The molecule has 2 aliphatic heterocycles. The third-order valence-electron chi connectivity index (χ3n) is 21.0. The minimum Gasteiger partial charge on any atom is -0.508 e. The molecule has 4 atom stereocenters. The van der Waals surface area contributed by atoms with Crippen LogP contribution in [0.1, 0.15) is 159 Å². The summed E-state index contributed by atoms with van der Waals surface area (Å²) in [6, 6.07) is 55.6. The summed E-state index contributed by atoms with van der Waals surface area (Å²) in [5.74, 6) is 1.97. The number of alkyl halides is 8. The Morgan fingerprint density at radius 3 is 0.904 bits per heavy atom. The number of carbonyl (C=O) groups is 4. The number of amides is 3. The predicted octanol–water partition coefficient (Wildman–Crippen LogP) is 19.2. The van der Waals surface area contributed by atoms with Gasteiger partial charge in [-0.25, -0.2) is 52.7 Å². The van der Waals surface area contributed by atoms with Crippen molar-refractivity contribution < 1.29 is 135 Å². The van der Waals surface area contributed by atoms with Gasteiger partial charge in [-0.2, -0.15) is 25.3 Å². The van der Waals surface area contributed by atoms with Crippen molar-refractivity contribution in [2.24, 2.45) is 11.8 Å². The van der Waals surface area contributed by atoms with Crippen LogP contribution in [-0.4, -0.2) is 233 Å². The van der Waals surface area contributed by atoms with E-state index in [2.05, 4.69) is 39.4 Å². The number of hydrogen-bond donors (Lipinski definition) is 6. The maximum Gasteiger partial charge on any atom is 0.307 e.